The molecule has 7 heteroatoms. The summed E-state index contributed by atoms with van der Waals surface area (Å²) in [6, 6.07) is 27.0. The number of thioether (sulfide) groups is 1. The fourth-order valence-corrected chi connectivity index (χ4v) is 3.93. The summed E-state index contributed by atoms with van der Waals surface area (Å²) in [7, 11) is 1.64. The molecule has 1 N–H and O–H groups in total. The minimum atomic E-state index is -0.365. The van der Waals surface area contributed by atoms with Crippen LogP contribution in [0.4, 0.5) is 5.69 Å². The van der Waals surface area contributed by atoms with E-state index in [9.17, 15) is 4.79 Å². The summed E-state index contributed by atoms with van der Waals surface area (Å²) < 4.78 is 7.23. The minimum absolute atomic E-state index is 0.0928. The Hall–Kier alpha value is -3.58. The second-order valence-electron chi connectivity index (χ2n) is 6.82. The number of benzene rings is 3. The predicted molar refractivity (Wildman–Crippen MR) is 124 cm³/mol. The van der Waals surface area contributed by atoms with Crippen molar-refractivity contribution in [2.45, 2.75) is 17.3 Å². The number of carbonyl (C=O) groups is 1. The molecule has 0 radical (unpaired) electrons. The Kier molecular flexibility index (Phi) is 6.33. The summed E-state index contributed by atoms with van der Waals surface area (Å²) >= 11 is 1.37. The van der Waals surface area contributed by atoms with Gasteiger partial charge in [-0.1, -0.05) is 48.2 Å². The molecule has 0 spiro atoms. The first-order valence-corrected chi connectivity index (χ1v) is 10.7. The molecule has 0 fully saturated rings. The topological polar surface area (TPSA) is 69.0 Å². The number of aromatic nitrogens is 3. The number of anilines is 1. The van der Waals surface area contributed by atoms with Crippen molar-refractivity contribution in [2.75, 3.05) is 12.4 Å². The van der Waals surface area contributed by atoms with Gasteiger partial charge in [-0.3, -0.25) is 9.36 Å². The van der Waals surface area contributed by atoms with Gasteiger partial charge in [0.1, 0.15) is 5.75 Å². The van der Waals surface area contributed by atoms with Crippen molar-refractivity contribution in [3.63, 3.8) is 0 Å². The average Bonchev–Trinajstić information content (AvgIpc) is 3.23. The fourth-order valence-electron chi connectivity index (χ4n) is 3.06. The number of para-hydroxylation sites is 2. The van der Waals surface area contributed by atoms with Crippen LogP contribution in [0.5, 0.6) is 5.75 Å². The lowest BCUT2D eigenvalue weighted by Crippen LogP contribution is -2.22. The van der Waals surface area contributed by atoms with E-state index in [2.05, 4.69) is 15.5 Å². The van der Waals surface area contributed by atoms with Crippen LogP contribution in [-0.4, -0.2) is 33.0 Å². The number of nitrogens with one attached hydrogen (secondary N) is 1. The van der Waals surface area contributed by atoms with Gasteiger partial charge in [-0.15, -0.1) is 10.2 Å². The van der Waals surface area contributed by atoms with Crippen LogP contribution in [0.15, 0.2) is 90.1 Å². The normalized spacial score (nSPS) is 11.7. The predicted octanol–water partition coefficient (Wildman–Crippen LogP) is 5.06. The molecule has 156 valence electrons. The highest BCUT2D eigenvalue weighted by Gasteiger charge is 2.22. The highest BCUT2D eigenvalue weighted by molar-refractivity contribution is 8.00. The molecule has 31 heavy (non-hydrogen) atoms. The zero-order valence-electron chi connectivity index (χ0n) is 17.2. The molecule has 0 saturated heterocycles. The van der Waals surface area contributed by atoms with Gasteiger partial charge >= 0.3 is 0 Å². The van der Waals surface area contributed by atoms with Crippen molar-refractivity contribution >= 4 is 23.4 Å². The molecule has 1 amide bonds. The van der Waals surface area contributed by atoms with E-state index < -0.39 is 0 Å². The van der Waals surface area contributed by atoms with E-state index in [1.807, 2.05) is 96.4 Å². The van der Waals surface area contributed by atoms with E-state index in [-0.39, 0.29) is 11.2 Å². The molecule has 0 aliphatic rings. The van der Waals surface area contributed by atoms with E-state index >= 15 is 0 Å². The van der Waals surface area contributed by atoms with Crippen LogP contribution in [0.25, 0.3) is 17.1 Å². The van der Waals surface area contributed by atoms with Crippen molar-refractivity contribution in [3.8, 4) is 22.8 Å². The number of rotatable bonds is 7. The summed E-state index contributed by atoms with van der Waals surface area (Å²) in [4.78, 5) is 12.7. The van der Waals surface area contributed by atoms with E-state index in [0.29, 0.717) is 11.0 Å². The SMILES string of the molecule is COc1ccc(-c2nnc(SC(C)C(=O)Nc3ccccc3)n2-c2ccccc2)cc1. The third-order valence-corrected chi connectivity index (χ3v) is 5.73. The van der Waals surface area contributed by atoms with Gasteiger partial charge in [0.15, 0.2) is 11.0 Å². The van der Waals surface area contributed by atoms with Gasteiger partial charge < -0.3 is 10.1 Å². The Balaban J connectivity index is 1.64. The first kappa shape index (κ1) is 20.7. The Morgan fingerprint density at radius 1 is 0.935 bits per heavy atom. The molecule has 1 atom stereocenters. The maximum absolute atomic E-state index is 12.7. The van der Waals surface area contributed by atoms with E-state index in [4.69, 9.17) is 4.74 Å². The summed E-state index contributed by atoms with van der Waals surface area (Å²) in [5.41, 5.74) is 2.60. The number of carbonyl (C=O) groups excluding carboxylic acids is 1. The van der Waals surface area contributed by atoms with Gasteiger partial charge in [0, 0.05) is 16.9 Å². The van der Waals surface area contributed by atoms with Crippen LogP contribution in [0.1, 0.15) is 6.92 Å². The maximum Gasteiger partial charge on any atom is 0.237 e. The lowest BCUT2D eigenvalue weighted by atomic mass is 10.2. The number of nitrogens with zero attached hydrogens (tertiary/aromatic N) is 3. The monoisotopic (exact) mass is 430 g/mol. The summed E-state index contributed by atoms with van der Waals surface area (Å²) in [5, 5.41) is 12.1. The van der Waals surface area contributed by atoms with Crippen LogP contribution in [0.3, 0.4) is 0 Å². The molecule has 4 rings (SSSR count). The number of hydrogen-bond acceptors (Lipinski definition) is 5. The quantitative estimate of drug-likeness (QED) is 0.415. The van der Waals surface area contributed by atoms with Gasteiger partial charge in [-0.2, -0.15) is 0 Å². The van der Waals surface area contributed by atoms with Gasteiger partial charge in [-0.05, 0) is 55.5 Å². The first-order chi connectivity index (χ1) is 15.2. The zero-order valence-corrected chi connectivity index (χ0v) is 18.0. The van der Waals surface area contributed by atoms with Crippen molar-refractivity contribution in [3.05, 3.63) is 84.9 Å². The highest BCUT2D eigenvalue weighted by Crippen LogP contribution is 2.31. The lowest BCUT2D eigenvalue weighted by molar-refractivity contribution is -0.115. The summed E-state index contributed by atoms with van der Waals surface area (Å²) in [6.45, 7) is 1.86. The largest absolute Gasteiger partial charge is 0.497 e. The molecule has 6 nitrogen and oxygen atoms in total. The Morgan fingerprint density at radius 2 is 1.58 bits per heavy atom. The molecular formula is C24H22N4O2S. The number of ether oxygens (including phenoxy) is 1. The van der Waals surface area contributed by atoms with Crippen LogP contribution < -0.4 is 10.1 Å². The van der Waals surface area contributed by atoms with Gasteiger partial charge in [0.05, 0.1) is 12.4 Å². The molecule has 0 aliphatic carbocycles. The third-order valence-electron chi connectivity index (χ3n) is 4.69. The van der Waals surface area contributed by atoms with E-state index in [1.54, 1.807) is 7.11 Å². The van der Waals surface area contributed by atoms with Crippen molar-refractivity contribution in [1.29, 1.82) is 0 Å². The first-order valence-electron chi connectivity index (χ1n) is 9.83. The second kappa shape index (κ2) is 9.49. The van der Waals surface area contributed by atoms with Crippen LogP contribution in [0.2, 0.25) is 0 Å². The highest BCUT2D eigenvalue weighted by atomic mass is 32.2. The number of methoxy groups -OCH3 is 1. The molecule has 1 unspecified atom stereocenters. The van der Waals surface area contributed by atoms with Gasteiger partial charge in [-0.25, -0.2) is 0 Å². The number of amides is 1. The molecule has 0 saturated carbocycles. The van der Waals surface area contributed by atoms with Crippen molar-refractivity contribution < 1.29 is 9.53 Å². The molecule has 1 aromatic heterocycles. The minimum Gasteiger partial charge on any atom is -0.497 e. The van der Waals surface area contributed by atoms with Gasteiger partial charge in [0.25, 0.3) is 0 Å². The zero-order chi connectivity index (χ0) is 21.6. The Morgan fingerprint density at radius 3 is 2.23 bits per heavy atom. The Bertz CT molecular complexity index is 1150. The maximum atomic E-state index is 12.7. The molecule has 0 aliphatic heterocycles. The van der Waals surface area contributed by atoms with E-state index in [1.165, 1.54) is 11.8 Å². The van der Waals surface area contributed by atoms with Crippen LogP contribution in [0, 0.1) is 0 Å². The molecule has 3 aromatic carbocycles. The lowest BCUT2D eigenvalue weighted by Gasteiger charge is -2.14. The number of hydrogen-bond donors (Lipinski definition) is 1. The molecule has 1 heterocycles. The van der Waals surface area contributed by atoms with Gasteiger partial charge in [0.2, 0.25) is 5.91 Å². The van der Waals surface area contributed by atoms with Crippen molar-refractivity contribution in [2.24, 2.45) is 0 Å². The third kappa shape index (κ3) is 4.78. The van der Waals surface area contributed by atoms with Crippen LogP contribution in [-0.2, 0) is 4.79 Å². The molecule has 4 aromatic rings. The molecule has 0 bridgehead atoms. The average molecular weight is 431 g/mol. The smallest absolute Gasteiger partial charge is 0.237 e. The fraction of sp³-hybridized carbons (Fsp3) is 0.125. The second-order valence-corrected chi connectivity index (χ2v) is 8.13. The summed E-state index contributed by atoms with van der Waals surface area (Å²) in [6.07, 6.45) is 0. The molecular weight excluding hydrogens is 408 g/mol. The van der Waals surface area contributed by atoms with E-state index in [0.717, 1.165) is 22.7 Å². The van der Waals surface area contributed by atoms with Crippen molar-refractivity contribution in [1.82, 2.24) is 14.8 Å². The standard InChI is InChI=1S/C24H22N4O2S/c1-17(23(29)25-19-9-5-3-6-10-19)31-24-27-26-22(18-13-15-21(30-2)16-14-18)28(24)20-11-7-4-8-12-20/h3-17H,1-2H3,(H,25,29). The Labute approximate surface area is 185 Å². The summed E-state index contributed by atoms with van der Waals surface area (Å²) in [5.74, 6) is 1.38. The van der Waals surface area contributed by atoms with Crippen LogP contribution >= 0.6 is 11.8 Å².